The fourth-order valence-corrected chi connectivity index (χ4v) is 2.60. The number of aromatic nitrogens is 2. The van der Waals surface area contributed by atoms with Gasteiger partial charge in [0.2, 0.25) is 0 Å². The zero-order chi connectivity index (χ0) is 17.5. The van der Waals surface area contributed by atoms with Crippen LogP contribution in [0.4, 0.5) is 11.5 Å². The van der Waals surface area contributed by atoms with Crippen molar-refractivity contribution >= 4 is 29.0 Å². The Morgan fingerprint density at radius 3 is 2.67 bits per heavy atom. The molecule has 0 aliphatic rings. The second-order valence-corrected chi connectivity index (χ2v) is 5.88. The lowest BCUT2D eigenvalue weighted by atomic mass is 10.1. The van der Waals surface area contributed by atoms with Gasteiger partial charge in [0.1, 0.15) is 5.82 Å². The second kappa shape index (κ2) is 8.61. The third-order valence-corrected chi connectivity index (χ3v) is 3.70. The van der Waals surface area contributed by atoms with Crippen LogP contribution in [0.2, 0.25) is 5.02 Å². The number of methoxy groups -OCH3 is 1. The molecule has 0 radical (unpaired) electrons. The molecule has 0 aliphatic heterocycles. The summed E-state index contributed by atoms with van der Waals surface area (Å²) in [6.07, 6.45) is 0.867. The van der Waals surface area contributed by atoms with Crippen molar-refractivity contribution in [2.24, 2.45) is 0 Å². The molecular weight excluding hydrogens is 328 g/mol. The van der Waals surface area contributed by atoms with Gasteiger partial charge >= 0.3 is 0 Å². The summed E-state index contributed by atoms with van der Waals surface area (Å²) in [5.74, 6) is 0.273. The fraction of sp³-hybridized carbons (Fsp3) is 0.353. The topological polar surface area (TPSA) is 76.1 Å². The van der Waals surface area contributed by atoms with Gasteiger partial charge < -0.3 is 15.4 Å². The highest BCUT2D eigenvalue weighted by molar-refractivity contribution is 6.34. The smallest absolute Gasteiger partial charge is 0.276 e. The molecule has 0 fully saturated rings. The van der Waals surface area contributed by atoms with E-state index in [0.29, 0.717) is 23.1 Å². The van der Waals surface area contributed by atoms with Crippen LogP contribution in [0.1, 0.15) is 28.0 Å². The number of ether oxygens (including phenoxy) is 1. The Morgan fingerprint density at radius 1 is 1.25 bits per heavy atom. The van der Waals surface area contributed by atoms with E-state index < -0.39 is 0 Å². The average molecular weight is 349 g/mol. The summed E-state index contributed by atoms with van der Waals surface area (Å²) < 4.78 is 4.97. The molecule has 1 aromatic carbocycles. The summed E-state index contributed by atoms with van der Waals surface area (Å²) in [5, 5.41) is 14.4. The maximum atomic E-state index is 12.3. The van der Waals surface area contributed by atoms with Gasteiger partial charge in [-0.15, -0.1) is 10.2 Å². The molecule has 2 rings (SSSR count). The SMILES string of the molecule is COCCCNc1ccc(C(=O)Nc2c(C)cc(C)cc2Cl)nn1. The molecule has 0 saturated heterocycles. The molecule has 1 heterocycles. The monoisotopic (exact) mass is 348 g/mol. The van der Waals surface area contributed by atoms with Crippen LogP contribution in [-0.2, 0) is 4.74 Å². The zero-order valence-electron chi connectivity index (χ0n) is 14.0. The molecule has 1 aromatic heterocycles. The number of carbonyl (C=O) groups is 1. The van der Waals surface area contributed by atoms with E-state index in [1.165, 1.54) is 0 Å². The molecule has 7 heteroatoms. The molecular formula is C17H21ClN4O2. The lowest BCUT2D eigenvalue weighted by molar-refractivity contribution is 0.102. The summed E-state index contributed by atoms with van der Waals surface area (Å²) in [5.41, 5.74) is 2.77. The Bertz CT molecular complexity index is 681. The van der Waals surface area contributed by atoms with Gasteiger partial charge in [-0.05, 0) is 49.6 Å². The Morgan fingerprint density at radius 2 is 2.04 bits per heavy atom. The number of amides is 1. The van der Waals surface area contributed by atoms with Crippen molar-refractivity contribution in [3.8, 4) is 0 Å². The highest BCUT2D eigenvalue weighted by Crippen LogP contribution is 2.27. The quantitative estimate of drug-likeness (QED) is 0.749. The molecule has 0 aliphatic carbocycles. The van der Waals surface area contributed by atoms with Crippen LogP contribution in [0.5, 0.6) is 0 Å². The fourth-order valence-electron chi connectivity index (χ4n) is 2.23. The standard InChI is InChI=1S/C17H21ClN4O2/c1-11-9-12(2)16(13(18)10-11)20-17(23)14-5-6-15(22-21-14)19-7-4-8-24-3/h5-6,9-10H,4,7-8H2,1-3H3,(H,19,22)(H,20,23). The maximum absolute atomic E-state index is 12.3. The van der Waals surface area contributed by atoms with E-state index in [4.69, 9.17) is 16.3 Å². The first-order valence-electron chi connectivity index (χ1n) is 7.66. The van der Waals surface area contributed by atoms with Crippen molar-refractivity contribution in [1.29, 1.82) is 0 Å². The van der Waals surface area contributed by atoms with E-state index >= 15 is 0 Å². The average Bonchev–Trinajstić information content (AvgIpc) is 2.55. The zero-order valence-corrected chi connectivity index (χ0v) is 14.8. The molecule has 0 bridgehead atoms. The molecule has 0 atom stereocenters. The summed E-state index contributed by atoms with van der Waals surface area (Å²) >= 11 is 6.20. The van der Waals surface area contributed by atoms with Gasteiger partial charge in [-0.2, -0.15) is 0 Å². The minimum Gasteiger partial charge on any atom is -0.385 e. The first-order chi connectivity index (χ1) is 11.5. The number of hydrogen-bond acceptors (Lipinski definition) is 5. The predicted molar refractivity (Wildman–Crippen MR) is 95.9 cm³/mol. The highest BCUT2D eigenvalue weighted by atomic mass is 35.5. The van der Waals surface area contributed by atoms with E-state index in [2.05, 4.69) is 20.8 Å². The van der Waals surface area contributed by atoms with Crippen molar-refractivity contribution in [1.82, 2.24) is 10.2 Å². The number of anilines is 2. The van der Waals surface area contributed by atoms with Gasteiger partial charge in [0.25, 0.3) is 5.91 Å². The molecule has 0 spiro atoms. The van der Waals surface area contributed by atoms with Crippen molar-refractivity contribution in [3.05, 3.63) is 46.1 Å². The molecule has 24 heavy (non-hydrogen) atoms. The van der Waals surface area contributed by atoms with Crippen molar-refractivity contribution in [2.75, 3.05) is 30.9 Å². The van der Waals surface area contributed by atoms with Gasteiger partial charge in [-0.1, -0.05) is 17.7 Å². The largest absolute Gasteiger partial charge is 0.385 e. The summed E-state index contributed by atoms with van der Waals surface area (Å²) in [7, 11) is 1.66. The Hall–Kier alpha value is -2.18. The number of nitrogens with one attached hydrogen (secondary N) is 2. The minimum absolute atomic E-state index is 0.230. The summed E-state index contributed by atoms with van der Waals surface area (Å²) in [4.78, 5) is 12.3. The first-order valence-corrected chi connectivity index (χ1v) is 8.03. The molecule has 0 unspecified atom stereocenters. The number of halogens is 1. The molecule has 6 nitrogen and oxygen atoms in total. The normalized spacial score (nSPS) is 10.5. The van der Waals surface area contributed by atoms with Gasteiger partial charge in [0, 0.05) is 20.3 Å². The number of hydrogen-bond donors (Lipinski definition) is 2. The van der Waals surface area contributed by atoms with Crippen molar-refractivity contribution < 1.29 is 9.53 Å². The van der Waals surface area contributed by atoms with Crippen molar-refractivity contribution in [3.63, 3.8) is 0 Å². The molecule has 1 amide bonds. The minimum atomic E-state index is -0.345. The van der Waals surface area contributed by atoms with Crippen LogP contribution >= 0.6 is 11.6 Å². The lowest BCUT2D eigenvalue weighted by Gasteiger charge is -2.11. The van der Waals surface area contributed by atoms with Crippen LogP contribution in [0, 0.1) is 13.8 Å². The van der Waals surface area contributed by atoms with Crippen LogP contribution < -0.4 is 10.6 Å². The maximum Gasteiger partial charge on any atom is 0.276 e. The van der Waals surface area contributed by atoms with Gasteiger partial charge in [-0.25, -0.2) is 0 Å². The van der Waals surface area contributed by atoms with Gasteiger partial charge in [-0.3, -0.25) is 4.79 Å². The third kappa shape index (κ3) is 4.91. The number of benzene rings is 1. The lowest BCUT2D eigenvalue weighted by Crippen LogP contribution is -2.16. The Labute approximate surface area is 146 Å². The van der Waals surface area contributed by atoms with Gasteiger partial charge in [0.05, 0.1) is 10.7 Å². The molecule has 2 N–H and O–H groups in total. The van der Waals surface area contributed by atoms with E-state index in [-0.39, 0.29) is 11.6 Å². The van der Waals surface area contributed by atoms with E-state index in [9.17, 15) is 4.79 Å². The van der Waals surface area contributed by atoms with Crippen LogP contribution in [0.25, 0.3) is 0 Å². The molecule has 2 aromatic rings. The third-order valence-electron chi connectivity index (χ3n) is 3.40. The Kier molecular flexibility index (Phi) is 6.52. The van der Waals surface area contributed by atoms with Gasteiger partial charge in [0.15, 0.2) is 5.69 Å². The summed E-state index contributed by atoms with van der Waals surface area (Å²) in [6.45, 7) is 5.26. The van der Waals surface area contributed by atoms with E-state index in [1.54, 1.807) is 19.2 Å². The van der Waals surface area contributed by atoms with E-state index in [0.717, 1.165) is 24.1 Å². The second-order valence-electron chi connectivity index (χ2n) is 5.47. The number of carbonyl (C=O) groups excluding carboxylic acids is 1. The van der Waals surface area contributed by atoms with E-state index in [1.807, 2.05) is 26.0 Å². The van der Waals surface area contributed by atoms with Crippen LogP contribution in [0.3, 0.4) is 0 Å². The van der Waals surface area contributed by atoms with Crippen LogP contribution in [0.15, 0.2) is 24.3 Å². The summed E-state index contributed by atoms with van der Waals surface area (Å²) in [6, 6.07) is 7.11. The highest BCUT2D eigenvalue weighted by Gasteiger charge is 2.13. The number of rotatable bonds is 7. The number of aryl methyl sites for hydroxylation is 2. The molecule has 128 valence electrons. The predicted octanol–water partition coefficient (Wildman–Crippen LogP) is 3.45. The van der Waals surface area contributed by atoms with Crippen molar-refractivity contribution in [2.45, 2.75) is 20.3 Å². The molecule has 0 saturated carbocycles. The first kappa shape index (κ1) is 18.2. The Balaban J connectivity index is 2.00. The van der Waals surface area contributed by atoms with Crippen LogP contribution in [-0.4, -0.2) is 36.4 Å². The number of nitrogens with zero attached hydrogens (tertiary/aromatic N) is 2.